The largest absolute Gasteiger partial charge is 0.480 e. The van der Waals surface area contributed by atoms with Crippen molar-refractivity contribution >= 4 is 23.8 Å². The molecule has 0 aliphatic heterocycles. The minimum atomic E-state index is -1.02. The first-order chi connectivity index (χ1) is 7.68. The number of carboxylic acid groups (broad SMARTS) is 1. The molecule has 100 valence electrons. The lowest BCUT2D eigenvalue weighted by molar-refractivity contribution is -0.141. The number of carbonyl (C=O) groups excluding carboxylic acids is 1. The molecule has 0 saturated heterocycles. The number of carboxylic acids is 1. The molecule has 0 aliphatic rings. The van der Waals surface area contributed by atoms with E-state index in [2.05, 4.69) is 10.6 Å². The first kappa shape index (κ1) is 16.1. The number of aliphatic carboxylic acids is 1. The van der Waals surface area contributed by atoms with Gasteiger partial charge in [0.05, 0.1) is 0 Å². The van der Waals surface area contributed by atoms with Gasteiger partial charge in [-0.05, 0) is 11.7 Å². The van der Waals surface area contributed by atoms with E-state index < -0.39 is 23.5 Å². The van der Waals surface area contributed by atoms with Gasteiger partial charge in [-0.25, -0.2) is 9.59 Å². The first-order valence-corrected chi connectivity index (χ1v) is 6.77. The normalized spacial score (nSPS) is 14.9. The van der Waals surface area contributed by atoms with Gasteiger partial charge in [0.2, 0.25) is 0 Å². The maximum Gasteiger partial charge on any atom is 0.326 e. The molecule has 0 bridgehead atoms. The van der Waals surface area contributed by atoms with E-state index in [0.717, 1.165) is 0 Å². The Kier molecular flexibility index (Phi) is 6.37. The predicted octanol–water partition coefficient (Wildman–Crippen LogP) is 1.54. The van der Waals surface area contributed by atoms with Crippen LogP contribution < -0.4 is 10.6 Å². The summed E-state index contributed by atoms with van der Waals surface area (Å²) < 4.78 is 0. The van der Waals surface area contributed by atoms with Crippen LogP contribution in [0, 0.1) is 5.41 Å². The molecule has 0 aromatic heterocycles. The third-order valence-electron chi connectivity index (χ3n) is 2.34. The van der Waals surface area contributed by atoms with Gasteiger partial charge >= 0.3 is 12.0 Å². The van der Waals surface area contributed by atoms with Crippen LogP contribution in [0.4, 0.5) is 4.79 Å². The van der Waals surface area contributed by atoms with Gasteiger partial charge in [0, 0.05) is 11.8 Å². The quantitative estimate of drug-likeness (QED) is 0.702. The van der Waals surface area contributed by atoms with Gasteiger partial charge in [-0.2, -0.15) is 11.8 Å². The Balaban J connectivity index is 4.29. The van der Waals surface area contributed by atoms with Gasteiger partial charge < -0.3 is 15.7 Å². The van der Waals surface area contributed by atoms with E-state index in [-0.39, 0.29) is 0 Å². The highest BCUT2D eigenvalue weighted by Gasteiger charge is 2.32. The van der Waals surface area contributed by atoms with Gasteiger partial charge in [-0.15, -0.1) is 0 Å². The van der Waals surface area contributed by atoms with E-state index in [1.807, 2.05) is 13.2 Å². The Morgan fingerprint density at radius 3 is 2.24 bits per heavy atom. The Bertz CT molecular complexity index is 276. The molecule has 6 heteroatoms. The molecular formula is C11H22N2O3S. The molecule has 0 aromatic rings. The van der Waals surface area contributed by atoms with Crippen molar-refractivity contribution < 1.29 is 14.7 Å². The highest BCUT2D eigenvalue weighted by Crippen LogP contribution is 2.19. The molecular weight excluding hydrogens is 240 g/mol. The average Bonchev–Trinajstić information content (AvgIpc) is 2.20. The molecule has 0 fully saturated rings. The lowest BCUT2D eigenvalue weighted by Gasteiger charge is -2.27. The van der Waals surface area contributed by atoms with Gasteiger partial charge in [0.1, 0.15) is 6.04 Å². The fourth-order valence-corrected chi connectivity index (χ4v) is 1.40. The van der Waals surface area contributed by atoms with Gasteiger partial charge in [0.15, 0.2) is 0 Å². The molecule has 2 amide bonds. The van der Waals surface area contributed by atoms with Crippen molar-refractivity contribution in [1.82, 2.24) is 10.6 Å². The van der Waals surface area contributed by atoms with Crippen molar-refractivity contribution in [3.05, 3.63) is 0 Å². The SMILES string of the molecule is CSC(C)CNC(=O)N[C@@H](C(=O)O)C(C)(C)C. The fraction of sp³-hybridized carbons (Fsp3) is 0.818. The van der Waals surface area contributed by atoms with Crippen LogP contribution in [-0.2, 0) is 4.79 Å². The number of carbonyl (C=O) groups is 2. The minimum Gasteiger partial charge on any atom is -0.480 e. The highest BCUT2D eigenvalue weighted by molar-refractivity contribution is 7.99. The zero-order valence-electron chi connectivity index (χ0n) is 11.0. The van der Waals surface area contributed by atoms with Gasteiger partial charge in [-0.1, -0.05) is 27.7 Å². The second-order valence-electron chi connectivity index (χ2n) is 5.04. The molecule has 0 heterocycles. The molecule has 5 nitrogen and oxygen atoms in total. The molecule has 0 aromatic carbocycles. The topological polar surface area (TPSA) is 78.4 Å². The average molecular weight is 262 g/mol. The Labute approximate surface area is 107 Å². The van der Waals surface area contributed by atoms with Crippen molar-refractivity contribution in [3.8, 4) is 0 Å². The van der Waals surface area contributed by atoms with Crippen LogP contribution in [0.3, 0.4) is 0 Å². The first-order valence-electron chi connectivity index (χ1n) is 5.48. The second kappa shape index (κ2) is 6.74. The minimum absolute atomic E-state index is 0.304. The lowest BCUT2D eigenvalue weighted by atomic mass is 9.87. The summed E-state index contributed by atoms with van der Waals surface area (Å²) in [6, 6.07) is -1.33. The zero-order chi connectivity index (χ0) is 13.6. The number of hydrogen-bond acceptors (Lipinski definition) is 3. The van der Waals surface area contributed by atoms with E-state index in [1.165, 1.54) is 0 Å². The maximum atomic E-state index is 11.5. The van der Waals surface area contributed by atoms with Crippen LogP contribution >= 0.6 is 11.8 Å². The van der Waals surface area contributed by atoms with Crippen molar-refractivity contribution in [1.29, 1.82) is 0 Å². The van der Waals surface area contributed by atoms with Crippen LogP contribution in [0.15, 0.2) is 0 Å². The summed E-state index contributed by atoms with van der Waals surface area (Å²) in [4.78, 5) is 22.6. The standard InChI is InChI=1S/C11H22N2O3S/c1-7(17-5)6-12-10(16)13-8(9(14)15)11(2,3)4/h7-8H,6H2,1-5H3,(H,14,15)(H2,12,13,16)/t7?,8-/m0/s1. The molecule has 0 spiro atoms. The molecule has 0 radical (unpaired) electrons. The summed E-state index contributed by atoms with van der Waals surface area (Å²) in [6.45, 7) is 7.83. The van der Waals surface area contributed by atoms with Crippen LogP contribution in [0.2, 0.25) is 0 Å². The Hall–Kier alpha value is -0.910. The number of nitrogens with one attached hydrogen (secondary N) is 2. The van der Waals surface area contributed by atoms with E-state index in [4.69, 9.17) is 5.11 Å². The summed E-state index contributed by atoms with van der Waals surface area (Å²) in [5, 5.41) is 14.5. The highest BCUT2D eigenvalue weighted by atomic mass is 32.2. The fourth-order valence-electron chi connectivity index (χ4n) is 1.15. The number of thioether (sulfide) groups is 1. The van der Waals surface area contributed by atoms with E-state index >= 15 is 0 Å². The maximum absolute atomic E-state index is 11.5. The summed E-state index contributed by atoms with van der Waals surface area (Å²) in [6.07, 6.45) is 1.96. The summed E-state index contributed by atoms with van der Waals surface area (Å²) in [5.41, 5.74) is -0.520. The Morgan fingerprint density at radius 2 is 1.88 bits per heavy atom. The molecule has 17 heavy (non-hydrogen) atoms. The third kappa shape index (κ3) is 6.41. The zero-order valence-corrected chi connectivity index (χ0v) is 11.9. The summed E-state index contributed by atoms with van der Waals surface area (Å²) >= 11 is 1.64. The van der Waals surface area contributed by atoms with Crippen LogP contribution in [-0.4, -0.2) is 41.2 Å². The van der Waals surface area contributed by atoms with Crippen molar-refractivity contribution in [3.63, 3.8) is 0 Å². The molecule has 1 unspecified atom stereocenters. The van der Waals surface area contributed by atoms with E-state index in [9.17, 15) is 9.59 Å². The number of urea groups is 1. The monoisotopic (exact) mass is 262 g/mol. The van der Waals surface area contributed by atoms with Crippen molar-refractivity contribution in [2.45, 2.75) is 39.0 Å². The summed E-state index contributed by atoms with van der Waals surface area (Å²) in [7, 11) is 0. The second-order valence-corrected chi connectivity index (χ2v) is 6.31. The summed E-state index contributed by atoms with van der Waals surface area (Å²) in [5.74, 6) is -1.02. The molecule has 0 rings (SSSR count). The molecule has 2 atom stereocenters. The smallest absolute Gasteiger partial charge is 0.326 e. The number of amides is 2. The number of hydrogen-bond donors (Lipinski definition) is 3. The molecule has 0 aliphatic carbocycles. The van der Waals surface area contributed by atoms with Crippen LogP contribution in [0.1, 0.15) is 27.7 Å². The van der Waals surface area contributed by atoms with Gasteiger partial charge in [0.25, 0.3) is 0 Å². The Morgan fingerprint density at radius 1 is 1.35 bits per heavy atom. The van der Waals surface area contributed by atoms with Crippen LogP contribution in [0.5, 0.6) is 0 Å². The van der Waals surface area contributed by atoms with Crippen molar-refractivity contribution in [2.24, 2.45) is 5.41 Å². The van der Waals surface area contributed by atoms with Crippen LogP contribution in [0.25, 0.3) is 0 Å². The van der Waals surface area contributed by atoms with E-state index in [0.29, 0.717) is 11.8 Å². The number of rotatable bonds is 5. The predicted molar refractivity (Wildman–Crippen MR) is 70.4 cm³/mol. The third-order valence-corrected chi connectivity index (χ3v) is 3.31. The molecule has 0 saturated carbocycles. The van der Waals surface area contributed by atoms with Gasteiger partial charge in [-0.3, -0.25) is 0 Å². The molecule has 3 N–H and O–H groups in total. The lowest BCUT2D eigenvalue weighted by Crippen LogP contribution is -2.52. The van der Waals surface area contributed by atoms with E-state index in [1.54, 1.807) is 32.5 Å². The van der Waals surface area contributed by atoms with Crippen molar-refractivity contribution in [2.75, 3.05) is 12.8 Å².